The first kappa shape index (κ1) is 12.7. The molecule has 0 aliphatic heterocycles. The average Bonchev–Trinajstić information content (AvgIpc) is 2.18. The molecule has 6 nitrogen and oxygen atoms in total. The van der Waals surface area contributed by atoms with E-state index >= 15 is 0 Å². The number of hydrogen-bond donors (Lipinski definition) is 2. The lowest BCUT2D eigenvalue weighted by molar-refractivity contribution is -0.116. The number of hydrogen-bond acceptors (Lipinski definition) is 4. The molecule has 0 aliphatic carbocycles. The zero-order valence-electron chi connectivity index (χ0n) is 9.03. The maximum Gasteiger partial charge on any atom is 0.267 e. The maximum absolute atomic E-state index is 11.4. The van der Waals surface area contributed by atoms with Gasteiger partial charge in [0.2, 0.25) is 5.91 Å². The zero-order chi connectivity index (χ0) is 12.3. The van der Waals surface area contributed by atoms with Crippen LogP contribution in [0.3, 0.4) is 0 Å². The first-order valence-corrected chi connectivity index (χ1v) is 5.51. The Hall–Kier alpha value is -1.37. The second-order valence-electron chi connectivity index (χ2n) is 3.56. The summed E-state index contributed by atoms with van der Waals surface area (Å²) in [5.74, 6) is -0.0553. The van der Waals surface area contributed by atoms with Gasteiger partial charge in [0.15, 0.2) is 5.82 Å². The van der Waals surface area contributed by atoms with Crippen LogP contribution in [0.5, 0.6) is 0 Å². The predicted molar refractivity (Wildman–Crippen MR) is 64.2 cm³/mol. The number of amides is 1. The lowest BCUT2D eigenvalue weighted by atomic mass is 10.3. The Labute approximate surface area is 101 Å². The van der Waals surface area contributed by atoms with Crippen LogP contribution in [0, 0.1) is 0 Å². The zero-order valence-corrected chi connectivity index (χ0v) is 10.6. The summed E-state index contributed by atoms with van der Waals surface area (Å²) in [6.07, 6.45) is 1.29. The molecule has 0 aromatic carbocycles. The summed E-state index contributed by atoms with van der Waals surface area (Å²) in [5.41, 5.74) is 4.86. The van der Waals surface area contributed by atoms with Crippen molar-refractivity contribution >= 4 is 27.7 Å². The summed E-state index contributed by atoms with van der Waals surface area (Å²) in [6.45, 7) is 3.79. The fraction of sp³-hybridized carbons (Fsp3) is 0.444. The molecule has 0 bridgehead atoms. The molecule has 3 N–H and O–H groups in total. The molecule has 0 unspecified atom stereocenters. The van der Waals surface area contributed by atoms with E-state index in [9.17, 15) is 9.59 Å². The Morgan fingerprint density at radius 3 is 2.81 bits per heavy atom. The molecule has 1 heterocycles. The van der Waals surface area contributed by atoms with Gasteiger partial charge in [-0.25, -0.2) is 4.98 Å². The number of rotatable bonds is 4. The van der Waals surface area contributed by atoms with Crippen LogP contribution >= 0.6 is 15.9 Å². The minimum Gasteiger partial charge on any atom is -0.368 e. The highest BCUT2D eigenvalue weighted by Gasteiger charge is 2.18. The summed E-state index contributed by atoms with van der Waals surface area (Å²) in [6, 6.07) is 0.0121. The van der Waals surface area contributed by atoms with E-state index in [4.69, 9.17) is 5.73 Å². The molecule has 0 saturated heterocycles. The van der Waals surface area contributed by atoms with Crippen molar-refractivity contribution in [3.05, 3.63) is 21.2 Å². The van der Waals surface area contributed by atoms with Gasteiger partial charge >= 0.3 is 0 Å². The third kappa shape index (κ3) is 2.82. The monoisotopic (exact) mass is 288 g/mol. The number of H-pyrrole nitrogens is 1. The molecule has 0 fully saturated rings. The molecule has 0 atom stereocenters. The van der Waals surface area contributed by atoms with Gasteiger partial charge in [-0.15, -0.1) is 0 Å². The van der Waals surface area contributed by atoms with Crippen molar-refractivity contribution in [1.82, 2.24) is 9.97 Å². The number of nitrogens with zero attached hydrogens (tertiary/aromatic N) is 2. The molecule has 1 rings (SSSR count). The quantitative estimate of drug-likeness (QED) is 0.830. The van der Waals surface area contributed by atoms with E-state index in [2.05, 4.69) is 25.9 Å². The summed E-state index contributed by atoms with van der Waals surface area (Å²) < 4.78 is 0.296. The molecule has 16 heavy (non-hydrogen) atoms. The van der Waals surface area contributed by atoms with Gasteiger partial charge in [-0.2, -0.15) is 0 Å². The maximum atomic E-state index is 11.4. The summed E-state index contributed by atoms with van der Waals surface area (Å²) >= 11 is 3.14. The number of halogens is 1. The minimum atomic E-state index is -0.470. The number of carbonyl (C=O) groups excluding carboxylic acids is 1. The van der Waals surface area contributed by atoms with E-state index in [-0.39, 0.29) is 18.1 Å². The number of aromatic amines is 1. The smallest absolute Gasteiger partial charge is 0.267 e. The van der Waals surface area contributed by atoms with Crippen LogP contribution in [-0.4, -0.2) is 28.5 Å². The van der Waals surface area contributed by atoms with Crippen LogP contribution in [0.15, 0.2) is 15.6 Å². The Bertz CT molecular complexity index is 443. The van der Waals surface area contributed by atoms with Gasteiger partial charge < -0.3 is 15.6 Å². The predicted octanol–water partition coefficient (Wildman–Crippen LogP) is 0.233. The van der Waals surface area contributed by atoms with Crippen molar-refractivity contribution in [3.8, 4) is 0 Å². The molecular formula is C9H13BrN4O2. The molecule has 0 aliphatic rings. The second kappa shape index (κ2) is 5.11. The fourth-order valence-corrected chi connectivity index (χ4v) is 1.69. The van der Waals surface area contributed by atoms with E-state index < -0.39 is 5.91 Å². The number of nitrogens with one attached hydrogen (secondary N) is 1. The van der Waals surface area contributed by atoms with Gasteiger partial charge in [0.25, 0.3) is 5.56 Å². The van der Waals surface area contributed by atoms with Crippen molar-refractivity contribution < 1.29 is 4.79 Å². The molecule has 0 spiro atoms. The number of aromatic nitrogens is 2. The molecule has 1 amide bonds. The fourth-order valence-electron chi connectivity index (χ4n) is 1.24. The number of carbonyl (C=O) groups is 1. The molecule has 88 valence electrons. The Kier molecular flexibility index (Phi) is 4.05. The molecule has 0 radical (unpaired) electrons. The third-order valence-electron chi connectivity index (χ3n) is 2.00. The highest BCUT2D eigenvalue weighted by atomic mass is 79.9. The van der Waals surface area contributed by atoms with Gasteiger partial charge in [0.05, 0.1) is 12.9 Å². The van der Waals surface area contributed by atoms with E-state index in [0.717, 1.165) is 0 Å². The van der Waals surface area contributed by atoms with Crippen LogP contribution in [0.4, 0.5) is 5.82 Å². The van der Waals surface area contributed by atoms with E-state index in [1.54, 1.807) is 4.90 Å². The van der Waals surface area contributed by atoms with Crippen molar-refractivity contribution in [2.45, 2.75) is 19.9 Å². The van der Waals surface area contributed by atoms with Crippen LogP contribution < -0.4 is 16.2 Å². The first-order chi connectivity index (χ1) is 7.43. The average molecular weight is 289 g/mol. The van der Waals surface area contributed by atoms with E-state index in [1.807, 2.05) is 13.8 Å². The first-order valence-electron chi connectivity index (χ1n) is 4.71. The van der Waals surface area contributed by atoms with Gasteiger partial charge in [-0.3, -0.25) is 9.59 Å². The highest BCUT2D eigenvalue weighted by Crippen LogP contribution is 2.20. The van der Waals surface area contributed by atoms with Gasteiger partial charge in [0.1, 0.15) is 4.47 Å². The SMILES string of the molecule is CC(C)N(CC(N)=O)c1nc[nH]c(=O)c1Br. The van der Waals surface area contributed by atoms with Crippen molar-refractivity contribution in [3.63, 3.8) is 0 Å². The van der Waals surface area contributed by atoms with Gasteiger partial charge in [0, 0.05) is 6.04 Å². The summed E-state index contributed by atoms with van der Waals surface area (Å²) in [7, 11) is 0. The number of anilines is 1. The van der Waals surface area contributed by atoms with Crippen LogP contribution in [0.25, 0.3) is 0 Å². The molecule has 0 saturated carbocycles. The number of nitrogens with two attached hydrogens (primary N) is 1. The summed E-state index contributed by atoms with van der Waals surface area (Å²) in [4.78, 5) is 30.4. The van der Waals surface area contributed by atoms with E-state index in [1.165, 1.54) is 6.33 Å². The third-order valence-corrected chi connectivity index (χ3v) is 2.71. The van der Waals surface area contributed by atoms with Crippen molar-refractivity contribution in [2.75, 3.05) is 11.4 Å². The minimum absolute atomic E-state index is 0.0121. The van der Waals surface area contributed by atoms with Crippen LogP contribution in [0.1, 0.15) is 13.8 Å². The molecule has 1 aromatic rings. The van der Waals surface area contributed by atoms with Gasteiger partial charge in [-0.1, -0.05) is 0 Å². The highest BCUT2D eigenvalue weighted by molar-refractivity contribution is 9.10. The van der Waals surface area contributed by atoms with E-state index in [0.29, 0.717) is 10.3 Å². The Morgan fingerprint density at radius 1 is 1.69 bits per heavy atom. The molecule has 7 heteroatoms. The normalized spacial score (nSPS) is 10.5. The summed E-state index contributed by atoms with van der Waals surface area (Å²) in [5, 5.41) is 0. The van der Waals surface area contributed by atoms with Gasteiger partial charge in [-0.05, 0) is 29.8 Å². The lowest BCUT2D eigenvalue weighted by Crippen LogP contribution is -2.40. The van der Waals surface area contributed by atoms with Crippen molar-refractivity contribution in [2.24, 2.45) is 5.73 Å². The standard InChI is InChI=1S/C9H13BrN4O2/c1-5(2)14(3-6(11)15)8-7(10)9(16)13-4-12-8/h4-5H,3H2,1-2H3,(H2,11,15)(H,12,13,16). The largest absolute Gasteiger partial charge is 0.368 e. The number of primary amides is 1. The second-order valence-corrected chi connectivity index (χ2v) is 4.35. The molecule has 1 aromatic heterocycles. The lowest BCUT2D eigenvalue weighted by Gasteiger charge is -2.26. The van der Waals surface area contributed by atoms with Crippen LogP contribution in [0.2, 0.25) is 0 Å². The molecular weight excluding hydrogens is 276 g/mol. The van der Waals surface area contributed by atoms with Crippen molar-refractivity contribution in [1.29, 1.82) is 0 Å². The Balaban J connectivity index is 3.16. The topological polar surface area (TPSA) is 92.1 Å². The van der Waals surface area contributed by atoms with Crippen LogP contribution in [-0.2, 0) is 4.79 Å². The Morgan fingerprint density at radius 2 is 2.31 bits per heavy atom.